The predicted molar refractivity (Wildman–Crippen MR) is 131 cm³/mol. The Morgan fingerprint density at radius 1 is 1.08 bits per heavy atom. The number of hydrogen-bond acceptors (Lipinski definition) is 7. The van der Waals surface area contributed by atoms with Gasteiger partial charge in [-0.2, -0.15) is 9.90 Å². The van der Waals surface area contributed by atoms with E-state index in [1.54, 1.807) is 4.68 Å². The van der Waals surface area contributed by atoms with Gasteiger partial charge in [-0.3, -0.25) is 4.79 Å². The summed E-state index contributed by atoms with van der Waals surface area (Å²) in [5.41, 5.74) is 3.81. The van der Waals surface area contributed by atoms with Gasteiger partial charge in [0.15, 0.2) is 0 Å². The van der Waals surface area contributed by atoms with Gasteiger partial charge in [-0.15, -0.1) is 20.3 Å². The summed E-state index contributed by atoms with van der Waals surface area (Å²) < 4.78 is 1.68. The summed E-state index contributed by atoms with van der Waals surface area (Å²) in [7, 11) is -0.494. The number of nitrogens with one attached hydrogen (secondary N) is 1. The number of H-pyrrole nitrogens is 1. The summed E-state index contributed by atoms with van der Waals surface area (Å²) >= 11 is 0. The number of aliphatic carboxylic acids is 1. The van der Waals surface area contributed by atoms with Crippen molar-refractivity contribution in [2.24, 2.45) is 11.2 Å². The largest absolute Gasteiger partial charge is 0.545 e. The van der Waals surface area contributed by atoms with Gasteiger partial charge >= 0.3 is 4.80 Å². The van der Waals surface area contributed by atoms with Crippen molar-refractivity contribution in [2.75, 3.05) is 0 Å². The van der Waals surface area contributed by atoms with Gasteiger partial charge in [-0.1, -0.05) is 43.3 Å². The first kappa shape index (κ1) is 23.5. The fourth-order valence-electron chi connectivity index (χ4n) is 4.37. The number of benzene rings is 2. The van der Waals surface area contributed by atoms with Crippen molar-refractivity contribution in [1.29, 1.82) is 0 Å². The SMILES string of the molecule is CCc1nn(-c2ccc(-c3ccccc3-c3nn[nH]n3)cc2)c(=NC(=O)C2=C(C(=O)[O-])CCC2)[s+]1C. The Labute approximate surface area is 209 Å². The van der Waals surface area contributed by atoms with E-state index in [9.17, 15) is 14.7 Å². The van der Waals surface area contributed by atoms with Crippen LogP contribution in [0.4, 0.5) is 0 Å². The lowest BCUT2D eigenvalue weighted by molar-refractivity contribution is -0.299. The number of nitrogens with zero attached hydrogens (tertiary/aromatic N) is 6. The third-order valence-electron chi connectivity index (χ3n) is 6.18. The first-order valence-corrected chi connectivity index (χ1v) is 13.1. The van der Waals surface area contributed by atoms with Crippen LogP contribution in [0.2, 0.25) is 0 Å². The van der Waals surface area contributed by atoms with Crippen LogP contribution in [0.25, 0.3) is 28.2 Å². The molecule has 1 atom stereocenters. The second-order valence-electron chi connectivity index (χ2n) is 8.29. The zero-order valence-electron chi connectivity index (χ0n) is 19.8. The van der Waals surface area contributed by atoms with E-state index < -0.39 is 22.3 Å². The summed E-state index contributed by atoms with van der Waals surface area (Å²) in [5, 5.41) is 31.4. The quantitative estimate of drug-likeness (QED) is 0.399. The molecule has 2 aromatic heterocycles. The molecule has 4 aromatic rings. The van der Waals surface area contributed by atoms with Crippen LogP contribution < -0.4 is 9.91 Å². The van der Waals surface area contributed by atoms with Crippen molar-refractivity contribution in [3.8, 4) is 28.2 Å². The molecule has 0 spiro atoms. The molecule has 5 rings (SSSR count). The number of carbonyl (C=O) groups excluding carboxylic acids is 2. The van der Waals surface area contributed by atoms with Gasteiger partial charge < -0.3 is 9.90 Å². The van der Waals surface area contributed by atoms with E-state index in [2.05, 4.69) is 25.6 Å². The van der Waals surface area contributed by atoms with Crippen LogP contribution in [0.3, 0.4) is 0 Å². The normalized spacial score (nSPS) is 14.5. The van der Waals surface area contributed by atoms with E-state index in [1.165, 1.54) is 0 Å². The summed E-state index contributed by atoms with van der Waals surface area (Å²) in [4.78, 5) is 29.3. The number of carboxylic acids is 1. The monoisotopic (exact) mass is 501 g/mol. The Kier molecular flexibility index (Phi) is 6.38. The van der Waals surface area contributed by atoms with E-state index in [1.807, 2.05) is 61.7 Å². The molecule has 0 saturated heterocycles. The van der Waals surface area contributed by atoms with Crippen molar-refractivity contribution in [1.82, 2.24) is 30.4 Å². The van der Waals surface area contributed by atoms with Crippen molar-refractivity contribution in [3.05, 3.63) is 69.5 Å². The number of tetrazole rings is 1. The van der Waals surface area contributed by atoms with Crippen molar-refractivity contribution in [3.63, 3.8) is 0 Å². The van der Waals surface area contributed by atoms with Gasteiger partial charge in [0.1, 0.15) is 6.26 Å². The molecule has 0 radical (unpaired) electrons. The number of amides is 1. The first-order valence-electron chi connectivity index (χ1n) is 11.5. The van der Waals surface area contributed by atoms with E-state index in [4.69, 9.17) is 5.10 Å². The van der Waals surface area contributed by atoms with Crippen LogP contribution in [0, 0.1) is 0 Å². The number of aryl methyl sites for hydroxylation is 1. The van der Waals surface area contributed by atoms with Crippen molar-refractivity contribution in [2.45, 2.75) is 32.6 Å². The molecule has 2 aromatic carbocycles. The van der Waals surface area contributed by atoms with Gasteiger partial charge in [-0.25, -0.2) is 0 Å². The summed E-state index contributed by atoms with van der Waals surface area (Å²) in [6, 6.07) is 15.6. The van der Waals surface area contributed by atoms with Crippen LogP contribution in [-0.2, 0) is 22.3 Å². The minimum absolute atomic E-state index is 0.0612. The van der Waals surface area contributed by atoms with Crippen LogP contribution >= 0.6 is 10.5 Å². The Morgan fingerprint density at radius 2 is 1.81 bits per heavy atom. The van der Waals surface area contributed by atoms with Crippen LogP contribution in [0.1, 0.15) is 31.2 Å². The molecule has 10 nitrogen and oxygen atoms in total. The minimum atomic E-state index is -1.29. The molecule has 1 aliphatic rings. The molecule has 2 heterocycles. The minimum Gasteiger partial charge on any atom is -0.545 e. The van der Waals surface area contributed by atoms with Gasteiger partial charge in [0.05, 0.1) is 11.7 Å². The number of rotatable bonds is 6. The Hall–Kier alpha value is -4.25. The van der Waals surface area contributed by atoms with Gasteiger partial charge in [0, 0.05) is 28.0 Å². The van der Waals surface area contributed by atoms with Gasteiger partial charge in [0.25, 0.3) is 10.9 Å². The van der Waals surface area contributed by atoms with Crippen LogP contribution in [0.15, 0.2) is 64.7 Å². The molecule has 0 aliphatic heterocycles. The smallest absolute Gasteiger partial charge is 0.372 e. The molecular formula is C25H23N7O3S. The lowest BCUT2D eigenvalue weighted by Gasteiger charge is -2.07. The predicted octanol–water partition coefficient (Wildman–Crippen LogP) is 2.23. The lowest BCUT2D eigenvalue weighted by atomic mass is 9.99. The molecule has 1 aliphatic carbocycles. The highest BCUT2D eigenvalue weighted by atomic mass is 32.2. The number of carbonyl (C=O) groups is 2. The fraction of sp³-hybridized carbons (Fsp3) is 0.240. The Morgan fingerprint density at radius 3 is 2.47 bits per heavy atom. The van der Waals surface area contributed by atoms with E-state index in [0.29, 0.717) is 36.3 Å². The maximum absolute atomic E-state index is 13.0. The highest BCUT2D eigenvalue weighted by molar-refractivity contribution is 7.27. The average molecular weight is 502 g/mol. The van der Waals surface area contributed by atoms with E-state index >= 15 is 0 Å². The van der Waals surface area contributed by atoms with E-state index in [-0.39, 0.29) is 11.1 Å². The molecule has 0 fully saturated rings. The Bertz CT molecular complexity index is 1550. The third-order valence-corrected chi connectivity index (χ3v) is 8.07. The molecular weight excluding hydrogens is 478 g/mol. The molecule has 1 unspecified atom stereocenters. The molecule has 182 valence electrons. The number of aromatic nitrogens is 6. The van der Waals surface area contributed by atoms with E-state index in [0.717, 1.165) is 27.4 Å². The zero-order chi connectivity index (χ0) is 25.2. The Balaban J connectivity index is 1.56. The summed E-state index contributed by atoms with van der Waals surface area (Å²) in [6.07, 6.45) is 4.03. The summed E-state index contributed by atoms with van der Waals surface area (Å²) in [5.74, 6) is -1.31. The molecule has 1 N–H and O–H groups in total. The highest BCUT2D eigenvalue weighted by Gasteiger charge is 2.25. The zero-order valence-corrected chi connectivity index (χ0v) is 20.6. The maximum Gasteiger partial charge on any atom is 0.372 e. The first-order chi connectivity index (χ1) is 17.5. The molecule has 0 bridgehead atoms. The molecule has 0 saturated carbocycles. The number of aromatic amines is 1. The van der Waals surface area contributed by atoms with Crippen LogP contribution in [-0.4, -0.2) is 42.3 Å². The molecule has 11 heteroatoms. The summed E-state index contributed by atoms with van der Waals surface area (Å²) in [6.45, 7) is 2.01. The van der Waals surface area contributed by atoms with Crippen LogP contribution in [0.5, 0.6) is 0 Å². The van der Waals surface area contributed by atoms with Crippen molar-refractivity contribution < 1.29 is 14.7 Å². The second kappa shape index (κ2) is 9.78. The average Bonchev–Trinajstić information content (AvgIpc) is 3.66. The standard InChI is InChI=1S/C25H23N7O3S/c1-3-21-29-32(25(36(21)2)26-23(33)19-9-6-10-20(19)24(34)35)16-13-11-15(12-14-16)17-7-4-5-8-18(17)22-27-30-31-28-22/h4-5,7-8,11-14H,3,6,9-10H2,1-2H3,(H-,27,28,30,31,34,35). The van der Waals surface area contributed by atoms with Crippen molar-refractivity contribution >= 4 is 22.3 Å². The fourth-order valence-corrected chi connectivity index (χ4v) is 5.84. The third kappa shape index (κ3) is 4.29. The topological polar surface area (TPSA) is 142 Å². The molecule has 36 heavy (non-hydrogen) atoms. The highest BCUT2D eigenvalue weighted by Crippen LogP contribution is 2.30. The van der Waals surface area contributed by atoms with Gasteiger partial charge in [-0.05, 0) is 53.3 Å². The maximum atomic E-state index is 13.0. The second-order valence-corrected chi connectivity index (χ2v) is 10.2. The number of hydrogen-bond donors (Lipinski definition) is 1. The van der Waals surface area contributed by atoms with Gasteiger partial charge in [0.2, 0.25) is 5.82 Å². The molecule has 1 amide bonds. The lowest BCUT2D eigenvalue weighted by Crippen LogP contribution is -2.25. The number of carboxylic acid groups (broad SMARTS) is 1.